The number of aryl methyl sites for hydroxylation is 1. The molecule has 3 heterocycles. The number of anilines is 2. The summed E-state index contributed by atoms with van der Waals surface area (Å²) in [7, 11) is 2.11. The predicted octanol–water partition coefficient (Wildman–Crippen LogP) is 4.20. The van der Waals surface area contributed by atoms with Crippen molar-refractivity contribution in [1.82, 2.24) is 19.9 Å². The van der Waals surface area contributed by atoms with E-state index in [2.05, 4.69) is 39.7 Å². The molecule has 0 bridgehead atoms. The van der Waals surface area contributed by atoms with Gasteiger partial charge >= 0.3 is 0 Å². The van der Waals surface area contributed by atoms with Gasteiger partial charge in [-0.2, -0.15) is 4.98 Å². The molecule has 1 amide bonds. The van der Waals surface area contributed by atoms with Gasteiger partial charge in [0, 0.05) is 42.0 Å². The molecular formula is C25H26N6O. The molecular weight excluding hydrogens is 400 g/mol. The molecule has 5 rings (SSSR count). The van der Waals surface area contributed by atoms with Crippen LogP contribution in [0.4, 0.5) is 11.8 Å². The number of aromatic amines is 1. The highest BCUT2D eigenvalue weighted by atomic mass is 16.1. The summed E-state index contributed by atoms with van der Waals surface area (Å²) < 4.78 is 0. The number of aromatic nitrogens is 3. The Balaban J connectivity index is 1.46. The number of rotatable bonds is 5. The SMILES string of the molecule is CN1CCCc2nc(NC(=O)c3cccc4c[nH]cc34)nc(NCc3ccccc3)c2C1. The standard InChI is InChI=1S/C25H26N6O/c1-31-12-6-11-22-21(16-31)23(27-13-17-7-3-2-4-8-17)29-25(28-22)30-24(32)19-10-5-9-18-14-26-15-20(18)19/h2-5,7-10,14-15,26H,6,11-13,16H2,1H3,(H2,27,28,29,30,32). The number of nitrogens with one attached hydrogen (secondary N) is 3. The lowest BCUT2D eigenvalue weighted by molar-refractivity contribution is 0.102. The van der Waals surface area contributed by atoms with E-state index < -0.39 is 0 Å². The van der Waals surface area contributed by atoms with Crippen LogP contribution in [0.1, 0.15) is 33.6 Å². The Hall–Kier alpha value is -3.71. The molecule has 0 fully saturated rings. The first-order valence-electron chi connectivity index (χ1n) is 10.9. The summed E-state index contributed by atoms with van der Waals surface area (Å²) in [5.74, 6) is 0.902. The number of carbonyl (C=O) groups excluding carboxylic acids is 1. The van der Waals surface area contributed by atoms with Crippen LogP contribution >= 0.6 is 0 Å². The molecule has 0 unspecified atom stereocenters. The molecule has 1 aliphatic heterocycles. The fourth-order valence-electron chi connectivity index (χ4n) is 4.20. The Morgan fingerprint density at radius 3 is 2.84 bits per heavy atom. The second-order valence-corrected chi connectivity index (χ2v) is 8.22. The van der Waals surface area contributed by atoms with Crippen LogP contribution in [-0.2, 0) is 19.5 Å². The molecule has 2 aromatic heterocycles. The fourth-order valence-corrected chi connectivity index (χ4v) is 4.20. The van der Waals surface area contributed by atoms with E-state index in [4.69, 9.17) is 9.97 Å². The van der Waals surface area contributed by atoms with Gasteiger partial charge in [-0.25, -0.2) is 4.98 Å². The van der Waals surface area contributed by atoms with E-state index in [-0.39, 0.29) is 5.91 Å². The van der Waals surface area contributed by atoms with E-state index in [9.17, 15) is 4.79 Å². The first-order valence-corrected chi connectivity index (χ1v) is 10.9. The highest BCUT2D eigenvalue weighted by molar-refractivity contribution is 6.12. The average Bonchev–Trinajstić information content (AvgIpc) is 3.21. The van der Waals surface area contributed by atoms with Gasteiger partial charge in [-0.1, -0.05) is 42.5 Å². The van der Waals surface area contributed by atoms with Gasteiger partial charge < -0.3 is 15.2 Å². The molecule has 0 aliphatic carbocycles. The number of hydrogen-bond acceptors (Lipinski definition) is 5. The van der Waals surface area contributed by atoms with Crippen molar-refractivity contribution in [1.29, 1.82) is 0 Å². The van der Waals surface area contributed by atoms with Crippen molar-refractivity contribution in [3.05, 3.63) is 83.3 Å². The van der Waals surface area contributed by atoms with Crippen molar-refractivity contribution >= 4 is 28.4 Å². The van der Waals surface area contributed by atoms with Crippen molar-refractivity contribution in [3.8, 4) is 0 Å². The van der Waals surface area contributed by atoms with Crippen molar-refractivity contribution in [2.24, 2.45) is 0 Å². The molecule has 162 valence electrons. The third-order valence-electron chi connectivity index (χ3n) is 5.85. The van der Waals surface area contributed by atoms with Crippen LogP contribution in [0.15, 0.2) is 60.9 Å². The van der Waals surface area contributed by atoms with Gasteiger partial charge in [-0.05, 0) is 43.5 Å². The van der Waals surface area contributed by atoms with E-state index in [0.717, 1.165) is 53.8 Å². The molecule has 0 saturated carbocycles. The zero-order chi connectivity index (χ0) is 21.9. The van der Waals surface area contributed by atoms with Gasteiger partial charge in [-0.15, -0.1) is 0 Å². The second kappa shape index (κ2) is 8.80. The molecule has 7 nitrogen and oxygen atoms in total. The van der Waals surface area contributed by atoms with Gasteiger partial charge in [0.05, 0.1) is 5.69 Å². The monoisotopic (exact) mass is 426 g/mol. The molecule has 0 atom stereocenters. The Labute approximate surface area is 186 Å². The van der Waals surface area contributed by atoms with E-state index >= 15 is 0 Å². The maximum Gasteiger partial charge on any atom is 0.258 e. The van der Waals surface area contributed by atoms with Gasteiger partial charge in [0.2, 0.25) is 5.95 Å². The summed E-state index contributed by atoms with van der Waals surface area (Å²) in [6.07, 6.45) is 5.60. The normalized spacial score (nSPS) is 14.0. The van der Waals surface area contributed by atoms with E-state index in [0.29, 0.717) is 18.1 Å². The predicted molar refractivity (Wildman–Crippen MR) is 127 cm³/mol. The molecule has 32 heavy (non-hydrogen) atoms. The van der Waals surface area contributed by atoms with E-state index in [1.54, 1.807) is 0 Å². The minimum absolute atomic E-state index is 0.213. The zero-order valence-corrected chi connectivity index (χ0v) is 18.1. The smallest absolute Gasteiger partial charge is 0.258 e. The van der Waals surface area contributed by atoms with Gasteiger partial charge in [0.1, 0.15) is 5.82 Å². The summed E-state index contributed by atoms with van der Waals surface area (Å²) in [6, 6.07) is 15.9. The number of fused-ring (bicyclic) bond motifs is 2. The van der Waals surface area contributed by atoms with Crippen LogP contribution in [0.2, 0.25) is 0 Å². The maximum absolute atomic E-state index is 13.1. The van der Waals surface area contributed by atoms with Crippen molar-refractivity contribution < 1.29 is 4.79 Å². The largest absolute Gasteiger partial charge is 0.366 e. The minimum atomic E-state index is -0.213. The molecule has 1 aliphatic rings. The van der Waals surface area contributed by atoms with Crippen LogP contribution in [0, 0.1) is 0 Å². The number of nitrogens with zero attached hydrogens (tertiary/aromatic N) is 3. The Kier molecular flexibility index (Phi) is 5.56. The summed E-state index contributed by atoms with van der Waals surface area (Å²) in [4.78, 5) is 27.9. The minimum Gasteiger partial charge on any atom is -0.366 e. The first-order chi connectivity index (χ1) is 15.7. The van der Waals surface area contributed by atoms with Gasteiger partial charge in [0.15, 0.2) is 0 Å². The lowest BCUT2D eigenvalue weighted by Gasteiger charge is -2.18. The summed E-state index contributed by atoms with van der Waals surface area (Å²) in [5, 5.41) is 8.29. The molecule has 7 heteroatoms. The second-order valence-electron chi connectivity index (χ2n) is 8.22. The number of carbonyl (C=O) groups is 1. The molecule has 0 radical (unpaired) electrons. The summed E-state index contributed by atoms with van der Waals surface area (Å²) in [6.45, 7) is 2.44. The van der Waals surface area contributed by atoms with Crippen LogP contribution in [0.25, 0.3) is 10.8 Å². The maximum atomic E-state index is 13.1. The van der Waals surface area contributed by atoms with Gasteiger partial charge in [-0.3, -0.25) is 10.1 Å². The van der Waals surface area contributed by atoms with Crippen LogP contribution in [0.5, 0.6) is 0 Å². The highest BCUT2D eigenvalue weighted by Crippen LogP contribution is 2.26. The highest BCUT2D eigenvalue weighted by Gasteiger charge is 2.20. The van der Waals surface area contributed by atoms with Crippen LogP contribution in [0.3, 0.4) is 0 Å². The number of amides is 1. The van der Waals surface area contributed by atoms with Crippen molar-refractivity contribution in [2.45, 2.75) is 25.9 Å². The van der Waals surface area contributed by atoms with Crippen LogP contribution < -0.4 is 10.6 Å². The summed E-state index contributed by atoms with van der Waals surface area (Å²) >= 11 is 0. The lowest BCUT2D eigenvalue weighted by atomic mass is 10.1. The summed E-state index contributed by atoms with van der Waals surface area (Å²) in [5.41, 5.74) is 3.87. The number of H-pyrrole nitrogens is 1. The molecule has 3 N–H and O–H groups in total. The molecule has 0 saturated heterocycles. The number of benzene rings is 2. The third-order valence-corrected chi connectivity index (χ3v) is 5.85. The quantitative estimate of drug-likeness (QED) is 0.445. The van der Waals surface area contributed by atoms with Crippen molar-refractivity contribution in [2.75, 3.05) is 24.2 Å². The molecule has 0 spiro atoms. The molecule has 2 aromatic carbocycles. The Morgan fingerprint density at radius 1 is 1.09 bits per heavy atom. The fraction of sp³-hybridized carbons (Fsp3) is 0.240. The van der Waals surface area contributed by atoms with Crippen molar-refractivity contribution in [3.63, 3.8) is 0 Å². The topological polar surface area (TPSA) is 85.9 Å². The third kappa shape index (κ3) is 4.20. The Bertz CT molecular complexity index is 1250. The first kappa shape index (κ1) is 20.2. The zero-order valence-electron chi connectivity index (χ0n) is 18.1. The average molecular weight is 427 g/mol. The van der Waals surface area contributed by atoms with E-state index in [1.807, 2.05) is 48.8 Å². The Morgan fingerprint density at radius 2 is 1.97 bits per heavy atom. The molecule has 4 aromatic rings. The number of hydrogen-bond donors (Lipinski definition) is 3. The lowest BCUT2D eigenvalue weighted by Crippen LogP contribution is -2.20. The van der Waals surface area contributed by atoms with Gasteiger partial charge in [0.25, 0.3) is 5.91 Å². The van der Waals surface area contributed by atoms with E-state index in [1.165, 1.54) is 5.56 Å². The van der Waals surface area contributed by atoms with Crippen LogP contribution in [-0.4, -0.2) is 39.4 Å².